The van der Waals surface area contributed by atoms with E-state index >= 15 is 0 Å². The molecule has 2 amide bonds. The van der Waals surface area contributed by atoms with Gasteiger partial charge in [-0.1, -0.05) is 30.3 Å². The lowest BCUT2D eigenvalue weighted by molar-refractivity contribution is -0.129. The van der Waals surface area contributed by atoms with Crippen LogP contribution in [0.5, 0.6) is 0 Å². The summed E-state index contributed by atoms with van der Waals surface area (Å²) in [5.74, 6) is -3.27. The number of ether oxygens (including phenoxy) is 1. The van der Waals surface area contributed by atoms with Crippen molar-refractivity contribution in [2.24, 2.45) is 0 Å². The van der Waals surface area contributed by atoms with Crippen LogP contribution in [0.4, 0.5) is 0 Å². The molecule has 0 heterocycles. The maximum absolute atomic E-state index is 12.5. The Hall–Kier alpha value is -1.88. The molecule has 5 heteroatoms. The summed E-state index contributed by atoms with van der Waals surface area (Å²) >= 11 is 0. The number of carbonyl (C=O) groups is 2. The smallest absolute Gasteiger partial charge is 0.245 e. The number of methoxy groups -OCH3 is 1. The second-order valence-corrected chi connectivity index (χ2v) is 3.11. The summed E-state index contributed by atoms with van der Waals surface area (Å²) in [7, 11) is -3.33. The molecule has 1 aromatic carbocycles. The van der Waals surface area contributed by atoms with Gasteiger partial charge < -0.3 is 15.4 Å². The van der Waals surface area contributed by atoms with Gasteiger partial charge in [0.05, 0.1) is 16.2 Å². The molecule has 0 aliphatic rings. The monoisotopic (exact) mass is 260 g/mol. The predicted molar refractivity (Wildman–Crippen MR) is 67.8 cm³/mol. The standard InChI is InChI=1S/C13H18N2O3/c1-10(16)15-12(9-18-2)13(17)14-8-11-6-4-3-5-7-11/h3-7,12H,8-9H2,1-2H3,(H,14,17)(H,15,16)/i1D3,2D3,8D2,9D2. The first-order chi connectivity index (χ1) is 12.5. The van der Waals surface area contributed by atoms with Crippen LogP contribution < -0.4 is 10.6 Å². The van der Waals surface area contributed by atoms with E-state index in [-0.39, 0.29) is 5.56 Å². The van der Waals surface area contributed by atoms with Gasteiger partial charge in [0.1, 0.15) is 6.04 Å². The highest BCUT2D eigenvalue weighted by Crippen LogP contribution is 1.97. The van der Waals surface area contributed by atoms with Crippen molar-refractivity contribution in [3.63, 3.8) is 0 Å². The van der Waals surface area contributed by atoms with Crippen LogP contribution in [0.2, 0.25) is 0 Å². The van der Waals surface area contributed by atoms with Crippen LogP contribution in [0.25, 0.3) is 0 Å². The molecule has 1 aromatic rings. The number of hydrogen-bond acceptors (Lipinski definition) is 3. The molecule has 5 nitrogen and oxygen atoms in total. The number of amides is 2. The molecule has 1 atom stereocenters. The van der Waals surface area contributed by atoms with Crippen LogP contribution in [0.3, 0.4) is 0 Å². The minimum Gasteiger partial charge on any atom is -0.382 e. The number of nitrogens with one attached hydrogen (secondary N) is 2. The zero-order valence-corrected chi connectivity index (χ0v) is 9.19. The van der Waals surface area contributed by atoms with Gasteiger partial charge in [0.2, 0.25) is 11.8 Å². The molecule has 0 radical (unpaired) electrons. The van der Waals surface area contributed by atoms with Gasteiger partial charge in [0.25, 0.3) is 0 Å². The van der Waals surface area contributed by atoms with Crippen molar-refractivity contribution in [3.8, 4) is 0 Å². The molecular formula is C13H18N2O3. The minimum absolute atomic E-state index is 0.0263. The fourth-order valence-electron chi connectivity index (χ4n) is 1.07. The first-order valence-corrected chi connectivity index (χ1v) is 4.84. The molecule has 98 valence electrons. The summed E-state index contributed by atoms with van der Waals surface area (Å²) < 4.78 is 77.4. The average molecular weight is 260 g/mol. The van der Waals surface area contributed by atoms with Crippen molar-refractivity contribution >= 4 is 11.8 Å². The zero-order chi connectivity index (χ0) is 22.0. The van der Waals surface area contributed by atoms with Crippen molar-refractivity contribution in [1.82, 2.24) is 10.6 Å². The van der Waals surface area contributed by atoms with E-state index < -0.39 is 44.8 Å². The molecule has 2 N–H and O–H groups in total. The Labute approximate surface area is 121 Å². The lowest BCUT2D eigenvalue weighted by Crippen LogP contribution is -2.48. The van der Waals surface area contributed by atoms with Gasteiger partial charge in [0, 0.05) is 24.5 Å². The van der Waals surface area contributed by atoms with E-state index in [4.69, 9.17) is 13.7 Å². The summed E-state index contributed by atoms with van der Waals surface area (Å²) in [6.07, 6.45) is 0. The number of hydrogen-bond donors (Lipinski definition) is 2. The van der Waals surface area contributed by atoms with Crippen LogP contribution in [-0.4, -0.2) is 31.5 Å². The third-order valence-corrected chi connectivity index (χ3v) is 1.82. The second-order valence-electron chi connectivity index (χ2n) is 3.11. The third kappa shape index (κ3) is 4.97. The van der Waals surface area contributed by atoms with Gasteiger partial charge in [0.15, 0.2) is 0 Å². The van der Waals surface area contributed by atoms with Gasteiger partial charge in [-0.15, -0.1) is 0 Å². The summed E-state index contributed by atoms with van der Waals surface area (Å²) in [5.41, 5.74) is -0.0263. The van der Waals surface area contributed by atoms with Crippen molar-refractivity contribution < 1.29 is 28.0 Å². The highest BCUT2D eigenvalue weighted by Gasteiger charge is 2.18. The number of carbonyl (C=O) groups excluding carboxylic acids is 2. The molecule has 18 heavy (non-hydrogen) atoms. The van der Waals surface area contributed by atoms with Crippen molar-refractivity contribution in [2.75, 3.05) is 13.6 Å². The summed E-state index contributed by atoms with van der Waals surface area (Å²) in [5, 5.41) is 3.38. The second kappa shape index (κ2) is 7.45. The zero-order valence-electron chi connectivity index (χ0n) is 19.2. The van der Waals surface area contributed by atoms with Crippen LogP contribution in [-0.2, 0) is 20.8 Å². The Morgan fingerprint density at radius 2 is 2.22 bits per heavy atom. The fourth-order valence-corrected chi connectivity index (χ4v) is 1.07. The summed E-state index contributed by atoms with van der Waals surface area (Å²) in [4.78, 5) is 24.2. The van der Waals surface area contributed by atoms with Crippen LogP contribution >= 0.6 is 0 Å². The largest absolute Gasteiger partial charge is 0.382 e. The van der Waals surface area contributed by atoms with E-state index in [0.717, 1.165) is 0 Å². The van der Waals surface area contributed by atoms with E-state index in [9.17, 15) is 9.59 Å². The number of benzene rings is 1. The lowest BCUT2D eigenvalue weighted by atomic mass is 10.2. The molecule has 1 unspecified atom stereocenters. The van der Waals surface area contributed by atoms with Crippen molar-refractivity contribution in [2.45, 2.75) is 19.4 Å². The van der Waals surface area contributed by atoms with Gasteiger partial charge in [-0.05, 0) is 5.56 Å². The molecule has 1 rings (SSSR count). The minimum atomic E-state index is -3.39. The number of rotatable bonds is 6. The molecule has 0 aromatic heterocycles. The van der Waals surface area contributed by atoms with E-state index in [0.29, 0.717) is 0 Å². The van der Waals surface area contributed by atoms with Gasteiger partial charge >= 0.3 is 0 Å². The normalized spacial score (nSPS) is 22.9. The topological polar surface area (TPSA) is 67.4 Å². The van der Waals surface area contributed by atoms with Crippen LogP contribution in [0.1, 0.15) is 26.1 Å². The van der Waals surface area contributed by atoms with E-state index in [1.54, 1.807) is 11.4 Å². The van der Waals surface area contributed by atoms with Gasteiger partial charge in [-0.25, -0.2) is 0 Å². The Morgan fingerprint density at radius 3 is 2.89 bits per heavy atom. The average Bonchev–Trinajstić information content (AvgIpc) is 2.49. The maximum Gasteiger partial charge on any atom is 0.245 e. The lowest BCUT2D eigenvalue weighted by Gasteiger charge is -2.16. The first-order valence-electron chi connectivity index (χ1n) is 9.84. The molecule has 0 saturated heterocycles. The molecule has 0 fully saturated rings. The van der Waals surface area contributed by atoms with Crippen molar-refractivity contribution in [3.05, 3.63) is 35.9 Å². The maximum atomic E-state index is 12.5. The van der Waals surface area contributed by atoms with E-state index in [2.05, 4.69) is 4.74 Å². The van der Waals surface area contributed by atoms with E-state index in [1.807, 2.05) is 5.32 Å². The Morgan fingerprint density at radius 1 is 1.44 bits per heavy atom. The molecule has 0 spiro atoms. The molecule has 0 saturated carbocycles. The van der Waals surface area contributed by atoms with Crippen LogP contribution in [0.15, 0.2) is 30.3 Å². The highest BCUT2D eigenvalue weighted by atomic mass is 16.5. The van der Waals surface area contributed by atoms with Gasteiger partial charge in [-0.3, -0.25) is 9.59 Å². The highest BCUT2D eigenvalue weighted by molar-refractivity contribution is 5.86. The Balaban J connectivity index is 3.19. The third-order valence-electron chi connectivity index (χ3n) is 1.82. The molecule has 0 aliphatic carbocycles. The quantitative estimate of drug-likeness (QED) is 0.780. The molecule has 0 bridgehead atoms. The predicted octanol–water partition coefficient (Wildman–Crippen LogP) is 0.454. The molecule has 0 aliphatic heterocycles. The molecular weight excluding hydrogens is 232 g/mol. The van der Waals surface area contributed by atoms with Gasteiger partial charge in [-0.2, -0.15) is 0 Å². The summed E-state index contributed by atoms with van der Waals surface area (Å²) in [6, 6.07) is 4.71. The van der Waals surface area contributed by atoms with E-state index in [1.165, 1.54) is 24.3 Å². The fraction of sp³-hybridized carbons (Fsp3) is 0.385. The first kappa shape index (κ1) is 5.40. The SMILES string of the molecule is [2H]C([2H])([2H])OC([2H])([2H])C(NC(=O)C([2H])([2H])[2H])C(=O)NC([2H])([2H])c1ccccc1. The van der Waals surface area contributed by atoms with Crippen LogP contribution in [0, 0.1) is 0 Å². The Bertz CT molecular complexity index is 703. The Kier molecular flexibility index (Phi) is 2.23. The summed E-state index contributed by atoms with van der Waals surface area (Å²) in [6.45, 7) is -9.20. The van der Waals surface area contributed by atoms with Crippen molar-refractivity contribution in [1.29, 1.82) is 0 Å².